The molecule has 1 heterocycles. The number of likely N-dealkylation sites (tertiary alicyclic amines) is 1. The van der Waals surface area contributed by atoms with Crippen LogP contribution in [-0.4, -0.2) is 36.5 Å². The summed E-state index contributed by atoms with van der Waals surface area (Å²) in [5.74, 6) is -0.163. The van der Waals surface area contributed by atoms with Crippen LogP contribution in [0.4, 0.5) is 14.9 Å². The molecule has 2 aliphatic rings. The van der Waals surface area contributed by atoms with Crippen LogP contribution in [0, 0.1) is 17.7 Å². The van der Waals surface area contributed by atoms with Gasteiger partial charge in [0.25, 0.3) is 0 Å². The minimum Gasteiger partial charge on any atom is -0.491 e. The van der Waals surface area contributed by atoms with E-state index in [-0.39, 0.29) is 18.5 Å². The zero-order valence-electron chi connectivity index (χ0n) is 13.5. The Hall–Kier alpha value is -2.31. The first kappa shape index (κ1) is 16.5. The molecule has 1 saturated heterocycles. The third kappa shape index (κ3) is 4.15. The van der Waals surface area contributed by atoms with Gasteiger partial charge in [-0.15, -0.1) is 0 Å². The molecule has 0 spiro atoms. The molecule has 0 aromatic heterocycles. The van der Waals surface area contributed by atoms with Gasteiger partial charge < -0.3 is 20.7 Å². The molecule has 1 aromatic carbocycles. The number of benzene rings is 1. The number of urea groups is 1. The second-order valence-electron chi connectivity index (χ2n) is 6.51. The molecule has 3 N–H and O–H groups in total. The summed E-state index contributed by atoms with van der Waals surface area (Å²) in [7, 11) is 0. The Kier molecular flexibility index (Phi) is 4.87. The fraction of sp³-hybridized carbons (Fsp3) is 0.529. The summed E-state index contributed by atoms with van der Waals surface area (Å²) in [6.45, 7) is 1.40. The Morgan fingerprint density at radius 1 is 1.33 bits per heavy atom. The van der Waals surface area contributed by atoms with Gasteiger partial charge in [-0.2, -0.15) is 0 Å². The van der Waals surface area contributed by atoms with Crippen molar-refractivity contribution >= 4 is 17.6 Å². The van der Waals surface area contributed by atoms with Gasteiger partial charge in [0.1, 0.15) is 11.6 Å². The quantitative estimate of drug-likeness (QED) is 0.866. The van der Waals surface area contributed by atoms with Crippen LogP contribution in [0.2, 0.25) is 0 Å². The molecule has 1 aliphatic heterocycles. The Morgan fingerprint density at radius 3 is 2.83 bits per heavy atom. The van der Waals surface area contributed by atoms with Gasteiger partial charge in [0, 0.05) is 19.2 Å². The number of rotatable bonds is 5. The van der Waals surface area contributed by atoms with Gasteiger partial charge in [-0.25, -0.2) is 9.18 Å². The third-order valence-electron chi connectivity index (χ3n) is 4.47. The number of primary amides is 1. The summed E-state index contributed by atoms with van der Waals surface area (Å²) in [4.78, 5) is 25.3. The average Bonchev–Trinajstić information content (AvgIpc) is 3.38. The summed E-state index contributed by atoms with van der Waals surface area (Å²) in [6.07, 6.45) is 3.69. The van der Waals surface area contributed by atoms with E-state index in [0.717, 1.165) is 19.3 Å². The minimum absolute atomic E-state index is 0.286. The summed E-state index contributed by atoms with van der Waals surface area (Å²) in [5.41, 5.74) is 5.64. The monoisotopic (exact) mass is 335 g/mol. The van der Waals surface area contributed by atoms with E-state index in [2.05, 4.69) is 5.32 Å². The van der Waals surface area contributed by atoms with Gasteiger partial charge in [-0.1, -0.05) is 0 Å². The van der Waals surface area contributed by atoms with Crippen molar-refractivity contribution in [3.05, 3.63) is 24.0 Å². The molecule has 0 radical (unpaired) electrons. The first-order valence-corrected chi connectivity index (χ1v) is 8.30. The van der Waals surface area contributed by atoms with Crippen LogP contribution in [0.3, 0.4) is 0 Å². The molecule has 2 fully saturated rings. The van der Waals surface area contributed by atoms with E-state index < -0.39 is 11.7 Å². The molecule has 130 valence electrons. The molecule has 1 unspecified atom stereocenters. The maximum Gasteiger partial charge on any atom is 0.321 e. The fourth-order valence-electron chi connectivity index (χ4n) is 2.81. The van der Waals surface area contributed by atoms with Crippen molar-refractivity contribution in [2.45, 2.75) is 25.7 Å². The first-order chi connectivity index (χ1) is 11.5. The smallest absolute Gasteiger partial charge is 0.321 e. The largest absolute Gasteiger partial charge is 0.491 e. The summed E-state index contributed by atoms with van der Waals surface area (Å²) in [5, 5.41) is 2.69. The van der Waals surface area contributed by atoms with Crippen LogP contribution in [0.5, 0.6) is 5.75 Å². The van der Waals surface area contributed by atoms with Gasteiger partial charge in [0.15, 0.2) is 0 Å². The fourth-order valence-corrected chi connectivity index (χ4v) is 2.81. The lowest BCUT2D eigenvalue weighted by Crippen LogP contribution is -2.45. The second kappa shape index (κ2) is 7.07. The van der Waals surface area contributed by atoms with E-state index in [1.165, 1.54) is 23.1 Å². The molecular weight excluding hydrogens is 313 g/mol. The van der Waals surface area contributed by atoms with Crippen molar-refractivity contribution in [1.82, 2.24) is 4.90 Å². The number of anilines is 1. The van der Waals surface area contributed by atoms with Crippen LogP contribution < -0.4 is 15.8 Å². The highest BCUT2D eigenvalue weighted by Crippen LogP contribution is 2.32. The third-order valence-corrected chi connectivity index (χ3v) is 4.47. The van der Waals surface area contributed by atoms with E-state index >= 15 is 0 Å². The van der Waals surface area contributed by atoms with E-state index in [1.807, 2.05) is 0 Å². The topological polar surface area (TPSA) is 84.7 Å². The molecule has 7 heteroatoms. The van der Waals surface area contributed by atoms with Gasteiger partial charge in [0.05, 0.1) is 18.2 Å². The van der Waals surface area contributed by atoms with Crippen LogP contribution >= 0.6 is 0 Å². The lowest BCUT2D eigenvalue weighted by atomic mass is 9.98. The van der Waals surface area contributed by atoms with E-state index in [4.69, 9.17) is 10.5 Å². The zero-order valence-corrected chi connectivity index (χ0v) is 13.5. The Morgan fingerprint density at radius 2 is 2.12 bits per heavy atom. The SMILES string of the molecule is NC(=O)C1CCCN(C(=O)Nc2cc(F)ccc2OCC2CC2)C1. The highest BCUT2D eigenvalue weighted by Gasteiger charge is 2.28. The van der Waals surface area contributed by atoms with Crippen LogP contribution in [0.1, 0.15) is 25.7 Å². The minimum atomic E-state index is -0.447. The standard InChI is InChI=1S/C17H22FN3O3/c18-13-5-6-15(24-10-11-3-4-11)14(8-13)20-17(23)21-7-1-2-12(9-21)16(19)22/h5-6,8,11-12H,1-4,7,9-10H2,(H2,19,22)(H,20,23). The van der Waals surface area contributed by atoms with Crippen LogP contribution in [0.25, 0.3) is 0 Å². The number of hydrogen-bond donors (Lipinski definition) is 2. The Bertz CT molecular complexity index is 634. The molecule has 3 amide bonds. The van der Waals surface area contributed by atoms with Crippen LogP contribution in [-0.2, 0) is 4.79 Å². The molecular formula is C17H22FN3O3. The lowest BCUT2D eigenvalue weighted by molar-refractivity contribution is -0.123. The molecule has 0 bridgehead atoms. The number of hydrogen-bond acceptors (Lipinski definition) is 3. The first-order valence-electron chi connectivity index (χ1n) is 8.30. The number of amides is 3. The molecule has 1 atom stereocenters. The number of nitrogens with zero attached hydrogens (tertiary/aromatic N) is 1. The molecule has 3 rings (SSSR count). The van der Waals surface area contributed by atoms with Gasteiger partial charge in [-0.05, 0) is 43.7 Å². The molecule has 6 nitrogen and oxygen atoms in total. The maximum atomic E-state index is 13.5. The number of piperidine rings is 1. The molecule has 24 heavy (non-hydrogen) atoms. The van der Waals surface area contributed by atoms with Crippen molar-refractivity contribution in [3.8, 4) is 5.75 Å². The van der Waals surface area contributed by atoms with Gasteiger partial charge in [0.2, 0.25) is 5.91 Å². The summed E-state index contributed by atoms with van der Waals surface area (Å²) < 4.78 is 19.2. The van der Waals surface area contributed by atoms with Crippen molar-refractivity contribution in [1.29, 1.82) is 0 Å². The van der Waals surface area contributed by atoms with E-state index in [9.17, 15) is 14.0 Å². The Labute approximate surface area is 140 Å². The van der Waals surface area contributed by atoms with Gasteiger partial charge in [-0.3, -0.25) is 4.79 Å². The predicted octanol–water partition coefficient (Wildman–Crippen LogP) is 2.34. The van der Waals surface area contributed by atoms with Crippen molar-refractivity contribution < 1.29 is 18.7 Å². The average molecular weight is 335 g/mol. The number of nitrogens with two attached hydrogens (primary N) is 1. The van der Waals surface area contributed by atoms with Crippen molar-refractivity contribution in [2.75, 3.05) is 25.0 Å². The highest BCUT2D eigenvalue weighted by molar-refractivity contribution is 5.91. The Balaban J connectivity index is 1.66. The van der Waals surface area contributed by atoms with Crippen LogP contribution in [0.15, 0.2) is 18.2 Å². The lowest BCUT2D eigenvalue weighted by Gasteiger charge is -2.31. The zero-order chi connectivity index (χ0) is 17.1. The number of carbonyl (C=O) groups is 2. The van der Waals surface area contributed by atoms with Crippen molar-refractivity contribution in [3.63, 3.8) is 0 Å². The van der Waals surface area contributed by atoms with E-state index in [1.54, 1.807) is 0 Å². The van der Waals surface area contributed by atoms with E-state index in [0.29, 0.717) is 36.9 Å². The summed E-state index contributed by atoms with van der Waals surface area (Å²) in [6, 6.07) is 3.70. The maximum absolute atomic E-state index is 13.5. The number of ether oxygens (including phenoxy) is 1. The number of nitrogens with one attached hydrogen (secondary N) is 1. The van der Waals surface area contributed by atoms with Gasteiger partial charge >= 0.3 is 6.03 Å². The second-order valence-corrected chi connectivity index (χ2v) is 6.51. The predicted molar refractivity (Wildman–Crippen MR) is 87.1 cm³/mol. The normalized spacial score (nSPS) is 20.5. The number of halogens is 1. The highest BCUT2D eigenvalue weighted by atomic mass is 19.1. The molecule has 1 aromatic rings. The molecule has 1 saturated carbocycles. The van der Waals surface area contributed by atoms with Crippen molar-refractivity contribution in [2.24, 2.45) is 17.6 Å². The summed E-state index contributed by atoms with van der Waals surface area (Å²) >= 11 is 0. The molecule has 1 aliphatic carbocycles. The number of carbonyl (C=O) groups excluding carboxylic acids is 2.